The van der Waals surface area contributed by atoms with Gasteiger partial charge < -0.3 is 85.9 Å². The van der Waals surface area contributed by atoms with Crippen LogP contribution >= 0.6 is 0 Å². The summed E-state index contributed by atoms with van der Waals surface area (Å²) in [6.45, 7) is 9.39. The zero-order chi connectivity index (χ0) is 60.8. The maximum atomic E-state index is 14.3. The number of carbonyl (C=O) groups excluding carboxylic acids is 11. The normalized spacial score (nSPS) is 24.2. The van der Waals surface area contributed by atoms with Crippen LogP contribution in [0.4, 0.5) is 0 Å². The molecule has 0 bridgehead atoms. The number of carbonyl (C=O) groups is 11. The van der Waals surface area contributed by atoms with Gasteiger partial charge in [-0.05, 0) is 104 Å². The Morgan fingerprint density at radius 2 is 1.16 bits per heavy atom. The standard InChI is InChI=1S/C53H96N12O15/c1-8-29(4)11-9-10-12-36(70)24-33(13-18-54)46(73)63-43(30(5)67)42(72)26-35(27-66)48(75)60-40-17-22-58-52(79)44(31(6)68)65-51(78)39(16-21-57)61-49(76)38(15-20-56)62-53(80)45(32(7)69)64-47(74)34(23-28(2)3)25-41(71)37(14-19-55)59-50(40)77/h28-35,37-40,43-45,66-69H,8-27,54-57H2,1-7H3,(H,58,79)(H,59,77)(H,60,75)(H,61,76)(H,62,80)(H,63,73)(H,64,74)(H,65,78)/t29-,30+,31+,32+,33+,34-,35+,37-,38-,39-,40-,43-,44-,45-/m0/s1. The number of ketones is 3. The maximum absolute atomic E-state index is 14.3. The van der Waals surface area contributed by atoms with Crippen molar-refractivity contribution in [2.45, 2.75) is 199 Å². The third-order valence-electron chi connectivity index (χ3n) is 14.0. The van der Waals surface area contributed by atoms with Gasteiger partial charge in [-0.15, -0.1) is 0 Å². The van der Waals surface area contributed by atoms with Crippen molar-refractivity contribution in [1.29, 1.82) is 0 Å². The molecule has 14 atom stereocenters. The third kappa shape index (κ3) is 25.9. The van der Waals surface area contributed by atoms with Crippen molar-refractivity contribution in [2.75, 3.05) is 39.3 Å². The molecule has 27 heteroatoms. The molecule has 1 heterocycles. The third-order valence-corrected chi connectivity index (χ3v) is 14.0. The highest BCUT2D eigenvalue weighted by Gasteiger charge is 2.38. The predicted molar refractivity (Wildman–Crippen MR) is 295 cm³/mol. The highest BCUT2D eigenvalue weighted by molar-refractivity contribution is 5.99. The number of rotatable bonds is 29. The summed E-state index contributed by atoms with van der Waals surface area (Å²) in [6, 6.07) is -11.0. The monoisotopic (exact) mass is 1140 g/mol. The van der Waals surface area contributed by atoms with Crippen LogP contribution in [0.25, 0.3) is 0 Å². The molecule has 0 spiro atoms. The SMILES string of the molecule is CC[C@H](C)CCCCC(=O)C[C@@H](CCN)C(=O)N[C@H](C(=O)C[C@H](CO)C(=O)N[C@H]1CCNC(=O)[C@H]([C@@H](C)O)NC(=O)[C@H](CCN)NC(=O)[C@H](CCN)NC(=O)[C@H]([C@@H](C)O)NC(=O)[C@@H](CC(C)C)CC(=O)[C@H](CCN)NC1=O)[C@@H](C)O. The van der Waals surface area contributed by atoms with E-state index in [1.807, 2.05) is 0 Å². The highest BCUT2D eigenvalue weighted by Crippen LogP contribution is 2.20. The van der Waals surface area contributed by atoms with Gasteiger partial charge in [0.2, 0.25) is 47.3 Å². The molecule has 1 aliphatic heterocycles. The Morgan fingerprint density at radius 3 is 1.69 bits per heavy atom. The average Bonchev–Trinajstić information content (AvgIpc) is 3.38. The molecule has 1 rings (SSSR count). The Balaban J connectivity index is 3.75. The Labute approximate surface area is 469 Å². The van der Waals surface area contributed by atoms with Crippen molar-refractivity contribution in [3.63, 3.8) is 0 Å². The number of nitrogens with two attached hydrogens (primary N) is 4. The summed E-state index contributed by atoms with van der Waals surface area (Å²) in [7, 11) is 0. The lowest BCUT2D eigenvalue weighted by atomic mass is 9.88. The number of amides is 8. The van der Waals surface area contributed by atoms with Gasteiger partial charge in [0, 0.05) is 44.1 Å². The Hall–Kier alpha value is -5.55. The first kappa shape index (κ1) is 72.5. The van der Waals surface area contributed by atoms with Crippen LogP contribution in [0.5, 0.6) is 0 Å². The molecule has 1 fully saturated rings. The van der Waals surface area contributed by atoms with E-state index in [1.54, 1.807) is 13.8 Å². The lowest BCUT2D eigenvalue weighted by Gasteiger charge is -2.28. The summed E-state index contributed by atoms with van der Waals surface area (Å²) < 4.78 is 0. The number of hydrogen-bond acceptors (Lipinski definition) is 19. The Morgan fingerprint density at radius 1 is 0.625 bits per heavy atom. The van der Waals surface area contributed by atoms with Crippen LogP contribution in [0.2, 0.25) is 0 Å². The molecule has 0 aliphatic carbocycles. The molecule has 0 saturated carbocycles. The largest absolute Gasteiger partial charge is 0.396 e. The van der Waals surface area contributed by atoms with Crippen molar-refractivity contribution >= 4 is 64.6 Å². The molecule has 0 radical (unpaired) electrons. The van der Waals surface area contributed by atoms with E-state index in [1.165, 1.54) is 20.8 Å². The zero-order valence-corrected chi connectivity index (χ0v) is 47.9. The van der Waals surface area contributed by atoms with E-state index in [9.17, 15) is 73.2 Å². The summed E-state index contributed by atoms with van der Waals surface area (Å²) >= 11 is 0. The lowest BCUT2D eigenvalue weighted by Crippen LogP contribution is -2.61. The van der Waals surface area contributed by atoms with Crippen LogP contribution in [0, 0.1) is 29.6 Å². The number of aliphatic hydroxyl groups is 4. The van der Waals surface area contributed by atoms with Crippen LogP contribution in [0.1, 0.15) is 138 Å². The zero-order valence-electron chi connectivity index (χ0n) is 47.9. The van der Waals surface area contributed by atoms with Crippen molar-refractivity contribution in [1.82, 2.24) is 42.5 Å². The van der Waals surface area contributed by atoms with Gasteiger partial charge in [-0.3, -0.25) is 52.7 Å². The van der Waals surface area contributed by atoms with E-state index in [-0.39, 0.29) is 82.8 Å². The van der Waals surface area contributed by atoms with Crippen LogP contribution in [0.3, 0.4) is 0 Å². The summed E-state index contributed by atoms with van der Waals surface area (Å²) in [5, 5.41) is 62.3. The molecule has 27 nitrogen and oxygen atoms in total. The molecule has 458 valence electrons. The smallest absolute Gasteiger partial charge is 0.245 e. The van der Waals surface area contributed by atoms with Crippen LogP contribution in [-0.4, -0.2) is 185 Å². The predicted octanol–water partition coefficient (Wildman–Crippen LogP) is -4.19. The summed E-state index contributed by atoms with van der Waals surface area (Å²) in [5.41, 5.74) is 23.2. The van der Waals surface area contributed by atoms with E-state index < -0.39 is 170 Å². The minimum Gasteiger partial charge on any atom is -0.396 e. The number of unbranched alkanes of at least 4 members (excludes halogenated alkanes) is 1. The fourth-order valence-corrected chi connectivity index (χ4v) is 9.01. The fourth-order valence-electron chi connectivity index (χ4n) is 9.01. The Bertz CT molecular complexity index is 2030. The first-order valence-electron chi connectivity index (χ1n) is 28.1. The second-order valence-corrected chi connectivity index (χ2v) is 21.6. The van der Waals surface area contributed by atoms with Gasteiger partial charge in [0.05, 0.1) is 36.9 Å². The molecule has 1 saturated heterocycles. The molecule has 80 heavy (non-hydrogen) atoms. The summed E-state index contributed by atoms with van der Waals surface area (Å²) in [5.74, 6) is -12.9. The van der Waals surface area contributed by atoms with Gasteiger partial charge in [-0.2, -0.15) is 0 Å². The number of nitrogens with one attached hydrogen (secondary N) is 8. The van der Waals surface area contributed by atoms with Crippen LogP contribution in [-0.2, 0) is 52.7 Å². The van der Waals surface area contributed by atoms with E-state index in [2.05, 4.69) is 56.4 Å². The van der Waals surface area contributed by atoms with E-state index in [4.69, 9.17) is 22.9 Å². The van der Waals surface area contributed by atoms with Crippen molar-refractivity contribution < 1.29 is 73.2 Å². The number of hydrogen-bond donors (Lipinski definition) is 16. The minimum atomic E-state index is -1.70. The highest BCUT2D eigenvalue weighted by atomic mass is 16.3. The second-order valence-electron chi connectivity index (χ2n) is 21.6. The molecule has 1 aliphatic rings. The van der Waals surface area contributed by atoms with E-state index in [0.29, 0.717) is 12.3 Å². The van der Waals surface area contributed by atoms with Crippen molar-refractivity contribution in [3.05, 3.63) is 0 Å². The topological polar surface area (TPSA) is 469 Å². The Kier molecular flexibility index (Phi) is 34.6. The first-order valence-corrected chi connectivity index (χ1v) is 28.1. The first-order chi connectivity index (χ1) is 37.7. The van der Waals surface area contributed by atoms with Gasteiger partial charge in [-0.1, -0.05) is 47.0 Å². The van der Waals surface area contributed by atoms with Gasteiger partial charge in [0.15, 0.2) is 11.6 Å². The summed E-state index contributed by atoms with van der Waals surface area (Å²) in [6.07, 6.45) is -3.37. The van der Waals surface area contributed by atoms with Gasteiger partial charge in [-0.25, -0.2) is 0 Å². The van der Waals surface area contributed by atoms with Gasteiger partial charge >= 0.3 is 0 Å². The molecule has 0 aromatic carbocycles. The minimum absolute atomic E-state index is 0.0338. The molecule has 20 N–H and O–H groups in total. The van der Waals surface area contributed by atoms with Crippen molar-refractivity contribution in [3.8, 4) is 0 Å². The van der Waals surface area contributed by atoms with Crippen LogP contribution in [0.15, 0.2) is 0 Å². The molecular weight excluding hydrogens is 1040 g/mol. The molecule has 0 unspecified atom stereocenters. The van der Waals surface area contributed by atoms with Gasteiger partial charge in [0.1, 0.15) is 42.0 Å². The van der Waals surface area contributed by atoms with Crippen molar-refractivity contribution in [2.24, 2.45) is 52.5 Å². The quantitative estimate of drug-likeness (QED) is 0.0316. The number of Topliss-reactive ketones (excluding diaryl/α,β-unsaturated/α-hetero) is 3. The maximum Gasteiger partial charge on any atom is 0.245 e. The van der Waals surface area contributed by atoms with Crippen LogP contribution < -0.4 is 65.5 Å². The number of aliphatic hydroxyl groups excluding tert-OH is 4. The fraction of sp³-hybridized carbons (Fsp3) is 0.792. The van der Waals surface area contributed by atoms with Gasteiger partial charge in [0.25, 0.3) is 0 Å². The molecular formula is C53H96N12O15. The second kappa shape index (κ2) is 38.2. The summed E-state index contributed by atoms with van der Waals surface area (Å²) in [4.78, 5) is 152. The average molecular weight is 1140 g/mol. The molecule has 8 amide bonds. The lowest BCUT2D eigenvalue weighted by molar-refractivity contribution is -0.138. The van der Waals surface area contributed by atoms with E-state index in [0.717, 1.165) is 19.3 Å². The molecule has 0 aromatic heterocycles. The molecule has 0 aromatic rings. The van der Waals surface area contributed by atoms with E-state index >= 15 is 0 Å².